The van der Waals surface area contributed by atoms with Crippen molar-refractivity contribution >= 4 is 19.5 Å². The van der Waals surface area contributed by atoms with Gasteiger partial charge in [-0.25, -0.2) is 0 Å². The molecule has 0 rings (SSSR count). The molecule has 0 aliphatic heterocycles. The molecule has 0 aromatic carbocycles. The first-order valence-electron chi connectivity index (χ1n) is 6.90. The molecule has 118 valence electrons. The van der Waals surface area contributed by atoms with E-state index >= 15 is 0 Å². The molecule has 1 unspecified atom stereocenters. The van der Waals surface area contributed by atoms with E-state index in [1.54, 1.807) is 0 Å². The zero-order valence-corrected chi connectivity index (χ0v) is 17.3. The monoisotopic (exact) mass is 396 g/mol. The topological polar surface area (TPSA) is 0 Å². The molecule has 0 amide bonds. The Morgan fingerprint density at radius 1 is 0.947 bits per heavy atom. The number of rotatable bonds is 4. The maximum atomic E-state index is 6.72. The van der Waals surface area contributed by atoms with Crippen molar-refractivity contribution in [2.75, 3.05) is 0 Å². The Labute approximate surface area is 141 Å². The van der Waals surface area contributed by atoms with E-state index in [1.165, 1.54) is 0 Å². The average Bonchev–Trinajstić information content (AvgIpc) is 2.07. The van der Waals surface area contributed by atoms with Gasteiger partial charge in [-0.15, -0.1) is 11.6 Å². The summed E-state index contributed by atoms with van der Waals surface area (Å²) in [6.07, 6.45) is 5.26. The molecule has 0 aliphatic rings. The van der Waals surface area contributed by atoms with Gasteiger partial charge in [-0.2, -0.15) is 0 Å². The second-order valence-corrected chi connectivity index (χ2v) is 12.6. The fourth-order valence-electron chi connectivity index (χ4n) is 3.42. The van der Waals surface area contributed by atoms with E-state index in [-0.39, 0.29) is 38.9 Å². The smallest absolute Gasteiger partial charge is 0.0460 e. The van der Waals surface area contributed by atoms with Crippen molar-refractivity contribution in [3.8, 4) is 0 Å². The molecule has 0 radical (unpaired) electrons. The molecule has 19 heavy (non-hydrogen) atoms. The third kappa shape index (κ3) is 6.61. The van der Waals surface area contributed by atoms with Gasteiger partial charge in [0.15, 0.2) is 0 Å². The quantitative estimate of drug-likeness (QED) is 0.222. The van der Waals surface area contributed by atoms with Crippen LogP contribution >= 0.6 is 19.5 Å². The van der Waals surface area contributed by atoms with E-state index in [2.05, 4.69) is 74.5 Å². The third-order valence-electron chi connectivity index (χ3n) is 3.26. The summed E-state index contributed by atoms with van der Waals surface area (Å²) in [7, 11) is -0.208. The van der Waals surface area contributed by atoms with E-state index < -0.39 is 0 Å². The van der Waals surface area contributed by atoms with E-state index in [9.17, 15) is 0 Å². The van der Waals surface area contributed by atoms with E-state index in [4.69, 9.17) is 11.6 Å². The summed E-state index contributed by atoms with van der Waals surface area (Å²) in [5.74, 6) is 0. The second-order valence-electron chi connectivity index (χ2n) is 7.60. The van der Waals surface area contributed by atoms with Crippen molar-refractivity contribution in [1.82, 2.24) is 0 Å². The van der Waals surface area contributed by atoms with Gasteiger partial charge in [0.2, 0.25) is 0 Å². The van der Waals surface area contributed by atoms with Crippen molar-refractivity contribution in [3.05, 3.63) is 12.2 Å². The largest absolute Gasteiger partial charge is 0.122 e. The minimum atomic E-state index is -0.208. The predicted molar refractivity (Wildman–Crippen MR) is 89.6 cm³/mol. The number of hydrogen-bond acceptors (Lipinski definition) is 0. The van der Waals surface area contributed by atoms with Crippen LogP contribution < -0.4 is 0 Å². The Morgan fingerprint density at radius 2 is 1.32 bits per heavy atom. The van der Waals surface area contributed by atoms with E-state index in [0.717, 1.165) is 6.42 Å². The molecular weight excluding hydrogens is 365 g/mol. The van der Waals surface area contributed by atoms with Gasteiger partial charge in [0.1, 0.15) is 0 Å². The van der Waals surface area contributed by atoms with Crippen LogP contribution in [0.1, 0.15) is 68.7 Å². The second kappa shape index (κ2) is 7.94. The van der Waals surface area contributed by atoms with Crippen molar-refractivity contribution < 1.29 is 20.4 Å². The molecule has 0 saturated heterocycles. The van der Waals surface area contributed by atoms with Crippen LogP contribution in [-0.4, -0.2) is 20.8 Å². The average molecular weight is 397 g/mol. The molecule has 0 spiro atoms. The summed E-state index contributed by atoms with van der Waals surface area (Å²) in [4.78, 5) is 0. The first kappa shape index (κ1) is 22.4. The fraction of sp³-hybridized carbons (Fsp3) is 0.875. The van der Waals surface area contributed by atoms with Crippen LogP contribution in [0.15, 0.2) is 12.2 Å². The summed E-state index contributed by atoms with van der Waals surface area (Å²) >= 11 is 6.72. The van der Waals surface area contributed by atoms with Gasteiger partial charge < -0.3 is 0 Å². The van der Waals surface area contributed by atoms with Crippen LogP contribution in [0.25, 0.3) is 0 Å². The molecule has 3 heteroatoms. The number of allylic oxidation sites excluding steroid dienone is 2. The van der Waals surface area contributed by atoms with Crippen LogP contribution in [0.4, 0.5) is 0 Å². The van der Waals surface area contributed by atoms with Crippen LogP contribution in [0.3, 0.4) is 0 Å². The van der Waals surface area contributed by atoms with Crippen molar-refractivity contribution in [2.45, 2.75) is 89.6 Å². The van der Waals surface area contributed by atoms with Gasteiger partial charge in [0.25, 0.3) is 0 Å². The van der Waals surface area contributed by atoms with Crippen LogP contribution in [0, 0.1) is 0 Å². The maximum absolute atomic E-state index is 6.72. The zero-order valence-electron chi connectivity index (χ0n) is 14.1. The van der Waals surface area contributed by atoms with Gasteiger partial charge in [0.05, 0.1) is 0 Å². The van der Waals surface area contributed by atoms with Crippen LogP contribution in [-0.2, 0) is 20.4 Å². The van der Waals surface area contributed by atoms with Gasteiger partial charge >= 0.3 is 0 Å². The molecule has 0 aliphatic carbocycles. The van der Waals surface area contributed by atoms with Gasteiger partial charge in [0, 0.05) is 31.0 Å². The first-order valence-corrected chi connectivity index (χ1v) is 8.68. The number of hydrogen-bond donors (Lipinski definition) is 0. The molecule has 0 aromatic heterocycles. The van der Waals surface area contributed by atoms with Crippen molar-refractivity contribution in [2.24, 2.45) is 0 Å². The van der Waals surface area contributed by atoms with E-state index in [1.807, 2.05) is 0 Å². The predicted octanol–water partition coefficient (Wildman–Crippen LogP) is 6.42. The standard InChI is InChI=1S/C16H32ClP.Pd/c1-10-11-12-13(17)16(8,9)18(14(2,3)4)15(5,6)7;/h10-11,13H,12H2,1-9H3;. The zero-order chi connectivity index (χ0) is 14.8. The summed E-state index contributed by atoms with van der Waals surface area (Å²) in [6, 6.07) is 0. The molecular formula is C16H32ClPPd. The minimum Gasteiger partial charge on any atom is -0.122 e. The van der Waals surface area contributed by atoms with Crippen LogP contribution in [0.5, 0.6) is 0 Å². The SMILES string of the molecule is CC=CCC(Cl)C(C)(C)P(C(C)(C)C)C(C)(C)C.[Pd]. The third-order valence-corrected chi connectivity index (χ3v) is 8.29. The van der Waals surface area contributed by atoms with Crippen molar-refractivity contribution in [3.63, 3.8) is 0 Å². The number of alkyl halides is 1. The Bertz CT molecular complexity index is 270. The van der Waals surface area contributed by atoms with Gasteiger partial charge in [-0.05, 0) is 23.7 Å². The Hall–Kier alpha value is 1.12. The minimum absolute atomic E-state index is 0. The Balaban J connectivity index is 0. The Kier molecular flexibility index (Phi) is 9.36. The fourth-order valence-corrected chi connectivity index (χ4v) is 9.67. The van der Waals surface area contributed by atoms with E-state index in [0.29, 0.717) is 10.3 Å². The molecule has 0 fully saturated rings. The summed E-state index contributed by atoms with van der Waals surface area (Å²) < 4.78 is 0. The molecule has 0 nitrogen and oxygen atoms in total. The van der Waals surface area contributed by atoms with Gasteiger partial charge in [-0.3, -0.25) is 0 Å². The normalized spacial score (nSPS) is 15.7. The summed E-state index contributed by atoms with van der Waals surface area (Å²) in [6.45, 7) is 21.0. The maximum Gasteiger partial charge on any atom is 0.0460 e. The van der Waals surface area contributed by atoms with Crippen molar-refractivity contribution in [1.29, 1.82) is 0 Å². The van der Waals surface area contributed by atoms with Crippen LogP contribution in [0.2, 0.25) is 0 Å². The number of halogens is 1. The summed E-state index contributed by atoms with van der Waals surface area (Å²) in [5.41, 5.74) is 0. The molecule has 0 N–H and O–H groups in total. The molecule has 0 bridgehead atoms. The first-order chi connectivity index (χ1) is 7.85. The molecule has 1 atom stereocenters. The summed E-state index contributed by atoms with van der Waals surface area (Å²) in [5, 5.41) is 1.02. The molecule has 0 aromatic rings. The van der Waals surface area contributed by atoms with Gasteiger partial charge in [-0.1, -0.05) is 75.5 Å². The molecule has 0 saturated carbocycles. The Morgan fingerprint density at radius 3 is 1.58 bits per heavy atom. The molecule has 0 heterocycles.